The summed E-state index contributed by atoms with van der Waals surface area (Å²) in [6.45, 7) is 2.74. The van der Waals surface area contributed by atoms with Crippen molar-refractivity contribution in [1.29, 1.82) is 0 Å². The molecule has 8 heteroatoms. The number of hydrogen-bond donors (Lipinski definition) is 1. The highest BCUT2D eigenvalue weighted by Crippen LogP contribution is 2.24. The fraction of sp³-hybridized carbons (Fsp3) is 0.318. The number of sulfonamides is 1. The van der Waals surface area contributed by atoms with E-state index in [1.165, 1.54) is 16.4 Å². The van der Waals surface area contributed by atoms with Crippen LogP contribution in [0.5, 0.6) is 0 Å². The van der Waals surface area contributed by atoms with E-state index in [0.29, 0.717) is 17.2 Å². The largest absolute Gasteiger partial charge is 0.377 e. The van der Waals surface area contributed by atoms with Crippen LogP contribution in [0.25, 0.3) is 10.9 Å². The van der Waals surface area contributed by atoms with Gasteiger partial charge in [-0.2, -0.15) is 4.31 Å². The molecule has 0 radical (unpaired) electrons. The molecule has 1 N–H and O–H groups in total. The lowest BCUT2D eigenvalue weighted by Crippen LogP contribution is -2.38. The van der Waals surface area contributed by atoms with Crippen molar-refractivity contribution in [2.24, 2.45) is 0 Å². The Labute approximate surface area is 180 Å². The Hall–Kier alpha value is -2.19. The molecule has 2 heterocycles. The summed E-state index contributed by atoms with van der Waals surface area (Å²) < 4.78 is 33.8. The van der Waals surface area contributed by atoms with Gasteiger partial charge in [-0.15, -0.1) is 0 Å². The third kappa shape index (κ3) is 4.44. The van der Waals surface area contributed by atoms with Gasteiger partial charge in [0.15, 0.2) is 0 Å². The lowest BCUT2D eigenvalue weighted by molar-refractivity contribution is 0.0925. The lowest BCUT2D eigenvalue weighted by Gasteiger charge is -2.25. The van der Waals surface area contributed by atoms with Crippen LogP contribution < -0.4 is 5.56 Å². The molecular weight excluding hydrogens is 424 g/mol. The van der Waals surface area contributed by atoms with Crippen LogP contribution in [0.2, 0.25) is 5.02 Å². The van der Waals surface area contributed by atoms with Gasteiger partial charge in [0.25, 0.3) is 5.56 Å². The van der Waals surface area contributed by atoms with Gasteiger partial charge in [-0.3, -0.25) is 4.79 Å². The van der Waals surface area contributed by atoms with E-state index in [0.717, 1.165) is 29.3 Å². The maximum Gasteiger partial charge on any atom is 0.252 e. The average molecular weight is 447 g/mol. The number of benzene rings is 2. The van der Waals surface area contributed by atoms with Gasteiger partial charge in [-0.1, -0.05) is 23.2 Å². The molecule has 3 aromatic rings. The first-order valence-electron chi connectivity index (χ1n) is 9.83. The zero-order valence-electron chi connectivity index (χ0n) is 16.6. The van der Waals surface area contributed by atoms with E-state index in [9.17, 15) is 13.2 Å². The summed E-state index contributed by atoms with van der Waals surface area (Å²) in [5, 5.41) is 1.33. The normalized spacial score (nSPS) is 17.1. The molecule has 4 rings (SSSR count). The minimum Gasteiger partial charge on any atom is -0.377 e. The Morgan fingerprint density at radius 2 is 1.93 bits per heavy atom. The Bertz CT molecular complexity index is 1220. The van der Waals surface area contributed by atoms with Gasteiger partial charge in [0.05, 0.1) is 11.0 Å². The van der Waals surface area contributed by atoms with Crippen LogP contribution in [0.15, 0.2) is 58.2 Å². The third-order valence-corrected chi connectivity index (χ3v) is 7.38. The summed E-state index contributed by atoms with van der Waals surface area (Å²) >= 11 is 5.92. The van der Waals surface area contributed by atoms with Crippen molar-refractivity contribution in [3.8, 4) is 0 Å². The zero-order chi connectivity index (χ0) is 21.3. The van der Waals surface area contributed by atoms with Crippen LogP contribution >= 0.6 is 11.6 Å². The van der Waals surface area contributed by atoms with Crippen molar-refractivity contribution >= 4 is 32.5 Å². The molecule has 0 unspecified atom stereocenters. The first-order chi connectivity index (χ1) is 14.3. The number of H-pyrrole nitrogens is 1. The van der Waals surface area contributed by atoms with Crippen LogP contribution in [0, 0.1) is 6.92 Å². The summed E-state index contributed by atoms with van der Waals surface area (Å²) in [5.41, 5.74) is 1.88. The zero-order valence-corrected chi connectivity index (χ0v) is 18.2. The number of nitrogens with one attached hydrogen (secondary N) is 1. The number of rotatable bonds is 6. The molecule has 30 heavy (non-hydrogen) atoms. The van der Waals surface area contributed by atoms with Crippen molar-refractivity contribution in [3.05, 3.63) is 75.0 Å². The molecule has 1 aliphatic rings. The third-order valence-electron chi connectivity index (χ3n) is 5.31. The minimum absolute atomic E-state index is 0.0377. The molecule has 0 saturated carbocycles. The first kappa shape index (κ1) is 21.1. The van der Waals surface area contributed by atoms with E-state index in [2.05, 4.69) is 4.98 Å². The van der Waals surface area contributed by atoms with E-state index in [1.54, 1.807) is 18.2 Å². The highest BCUT2D eigenvalue weighted by atomic mass is 35.5. The Balaban J connectivity index is 1.72. The number of halogens is 1. The summed E-state index contributed by atoms with van der Waals surface area (Å²) in [4.78, 5) is 15.7. The van der Waals surface area contributed by atoms with Crippen LogP contribution in [0.4, 0.5) is 0 Å². The Morgan fingerprint density at radius 3 is 2.63 bits per heavy atom. The Kier molecular flexibility index (Phi) is 5.97. The van der Waals surface area contributed by atoms with E-state index in [-0.39, 0.29) is 29.6 Å². The number of aromatic nitrogens is 1. The molecule has 0 spiro atoms. The summed E-state index contributed by atoms with van der Waals surface area (Å²) in [5.74, 6) is 0. The fourth-order valence-corrected chi connectivity index (χ4v) is 5.27. The van der Waals surface area contributed by atoms with Gasteiger partial charge < -0.3 is 9.72 Å². The quantitative estimate of drug-likeness (QED) is 0.623. The fourth-order valence-electron chi connectivity index (χ4n) is 3.70. The molecule has 1 atom stereocenters. The maximum atomic E-state index is 13.4. The Morgan fingerprint density at radius 1 is 1.17 bits per heavy atom. The van der Waals surface area contributed by atoms with Crippen LogP contribution in [0.1, 0.15) is 24.0 Å². The van der Waals surface area contributed by atoms with Gasteiger partial charge >= 0.3 is 0 Å². The smallest absolute Gasteiger partial charge is 0.252 e. The SMILES string of the molecule is Cc1ccc2[nH]c(=O)c(CN(C[C@@H]3CCCO3)S(=O)(=O)c3ccc(Cl)cc3)cc2c1. The number of hydrogen-bond acceptors (Lipinski definition) is 4. The van der Waals surface area contributed by atoms with E-state index in [4.69, 9.17) is 16.3 Å². The number of aromatic amines is 1. The number of pyridine rings is 1. The van der Waals surface area contributed by atoms with E-state index >= 15 is 0 Å². The predicted octanol–water partition coefficient (Wildman–Crippen LogP) is 3.86. The minimum atomic E-state index is -3.84. The highest BCUT2D eigenvalue weighted by Gasteiger charge is 2.30. The predicted molar refractivity (Wildman–Crippen MR) is 117 cm³/mol. The summed E-state index contributed by atoms with van der Waals surface area (Å²) in [6, 6.07) is 13.6. The molecule has 158 valence electrons. The summed E-state index contributed by atoms with van der Waals surface area (Å²) in [7, 11) is -3.84. The van der Waals surface area contributed by atoms with Crippen molar-refractivity contribution in [1.82, 2.24) is 9.29 Å². The second kappa shape index (κ2) is 8.51. The molecule has 1 saturated heterocycles. The van der Waals surface area contributed by atoms with Crippen molar-refractivity contribution in [3.63, 3.8) is 0 Å². The standard InChI is InChI=1S/C22H23ClN2O4S/c1-15-4-9-21-16(11-15)12-17(22(26)24-21)13-25(14-19-3-2-10-29-19)30(27,28)20-7-5-18(23)6-8-20/h4-9,11-12,19H,2-3,10,13-14H2,1H3,(H,24,26)/t19-/m0/s1. The number of ether oxygens (including phenoxy) is 1. The second-order valence-corrected chi connectivity index (χ2v) is 9.98. The molecule has 2 aromatic carbocycles. The molecule has 1 aromatic heterocycles. The summed E-state index contributed by atoms with van der Waals surface area (Å²) in [6.07, 6.45) is 1.50. The van der Waals surface area contributed by atoms with Gasteiger partial charge in [0.2, 0.25) is 10.0 Å². The van der Waals surface area contributed by atoms with Crippen molar-refractivity contribution in [2.45, 2.75) is 37.3 Å². The van der Waals surface area contributed by atoms with Gasteiger partial charge in [-0.25, -0.2) is 8.42 Å². The molecule has 1 aliphatic heterocycles. The van der Waals surface area contributed by atoms with Crippen LogP contribution in [-0.2, 0) is 21.3 Å². The molecule has 0 amide bonds. The molecule has 0 bridgehead atoms. The van der Waals surface area contributed by atoms with Gasteiger partial charge in [-0.05, 0) is 67.6 Å². The monoisotopic (exact) mass is 446 g/mol. The van der Waals surface area contributed by atoms with Crippen molar-refractivity contribution < 1.29 is 13.2 Å². The molecular formula is C22H23ClN2O4S. The first-order valence-corrected chi connectivity index (χ1v) is 11.6. The van der Waals surface area contributed by atoms with E-state index < -0.39 is 10.0 Å². The van der Waals surface area contributed by atoms with Crippen LogP contribution in [0.3, 0.4) is 0 Å². The maximum absolute atomic E-state index is 13.4. The number of nitrogens with zero attached hydrogens (tertiary/aromatic N) is 1. The highest BCUT2D eigenvalue weighted by molar-refractivity contribution is 7.89. The second-order valence-electron chi connectivity index (χ2n) is 7.60. The molecule has 0 aliphatic carbocycles. The van der Waals surface area contributed by atoms with Gasteiger partial charge in [0, 0.05) is 35.8 Å². The molecule has 1 fully saturated rings. The number of fused-ring (bicyclic) bond motifs is 1. The topological polar surface area (TPSA) is 79.5 Å². The lowest BCUT2D eigenvalue weighted by atomic mass is 10.1. The molecule has 6 nitrogen and oxygen atoms in total. The van der Waals surface area contributed by atoms with Crippen LogP contribution in [-0.4, -0.2) is 37.0 Å². The van der Waals surface area contributed by atoms with Crippen molar-refractivity contribution in [2.75, 3.05) is 13.2 Å². The average Bonchev–Trinajstić information content (AvgIpc) is 3.22. The number of aryl methyl sites for hydroxylation is 1. The van der Waals surface area contributed by atoms with E-state index in [1.807, 2.05) is 25.1 Å². The van der Waals surface area contributed by atoms with Gasteiger partial charge in [0.1, 0.15) is 0 Å².